The number of carbonyl (C=O) groups excluding carboxylic acids is 1. The summed E-state index contributed by atoms with van der Waals surface area (Å²) in [7, 11) is 0. The molecule has 2 atom stereocenters. The van der Waals surface area contributed by atoms with E-state index in [-0.39, 0.29) is 19.0 Å². The van der Waals surface area contributed by atoms with Gasteiger partial charge in [0.1, 0.15) is 6.04 Å². The minimum absolute atomic E-state index is 0.250. The van der Waals surface area contributed by atoms with Crippen molar-refractivity contribution in [2.24, 2.45) is 0 Å². The first-order chi connectivity index (χ1) is 10.1. The Balaban J connectivity index is 1.66. The molecule has 21 heavy (non-hydrogen) atoms. The Hall–Kier alpha value is -1.70. The van der Waals surface area contributed by atoms with Gasteiger partial charge in [-0.2, -0.15) is 11.8 Å². The van der Waals surface area contributed by atoms with Crippen LogP contribution in [0.5, 0.6) is 0 Å². The molecule has 3 heterocycles. The third kappa shape index (κ3) is 2.99. The molecule has 1 saturated heterocycles. The van der Waals surface area contributed by atoms with Crippen molar-refractivity contribution in [3.05, 3.63) is 17.7 Å². The number of carboxylic acid groups (broad SMARTS) is 1. The fourth-order valence-corrected chi connectivity index (χ4v) is 3.98. The SMILES string of the molecule is O=C(O)C1Cc2nc[nH]c2CN1C(=O)NCC1CCCS1. The van der Waals surface area contributed by atoms with Gasteiger partial charge in [0.25, 0.3) is 0 Å². The van der Waals surface area contributed by atoms with Gasteiger partial charge < -0.3 is 20.3 Å². The van der Waals surface area contributed by atoms with E-state index in [2.05, 4.69) is 15.3 Å². The Morgan fingerprint density at radius 1 is 1.57 bits per heavy atom. The van der Waals surface area contributed by atoms with Crippen LogP contribution in [0.4, 0.5) is 4.79 Å². The maximum atomic E-state index is 12.3. The lowest BCUT2D eigenvalue weighted by Crippen LogP contribution is -2.53. The van der Waals surface area contributed by atoms with Crippen LogP contribution >= 0.6 is 11.8 Å². The number of aromatic nitrogens is 2. The van der Waals surface area contributed by atoms with Crippen molar-refractivity contribution < 1.29 is 14.7 Å². The van der Waals surface area contributed by atoms with Gasteiger partial charge in [-0.25, -0.2) is 14.6 Å². The molecule has 2 amide bonds. The summed E-state index contributed by atoms with van der Waals surface area (Å²) in [6.07, 6.45) is 4.09. The second-order valence-corrected chi connectivity index (χ2v) is 6.74. The van der Waals surface area contributed by atoms with Crippen molar-refractivity contribution in [3.63, 3.8) is 0 Å². The number of amides is 2. The zero-order valence-electron chi connectivity index (χ0n) is 11.5. The highest BCUT2D eigenvalue weighted by Gasteiger charge is 2.36. The normalized spacial score (nSPS) is 24.7. The lowest BCUT2D eigenvalue weighted by atomic mass is 10.0. The highest BCUT2D eigenvalue weighted by molar-refractivity contribution is 8.00. The van der Waals surface area contributed by atoms with Crippen molar-refractivity contribution in [1.82, 2.24) is 20.2 Å². The monoisotopic (exact) mass is 310 g/mol. The average molecular weight is 310 g/mol. The Labute approximate surface area is 126 Å². The summed E-state index contributed by atoms with van der Waals surface area (Å²) in [5.74, 6) is 0.147. The predicted octanol–water partition coefficient (Wildman–Crippen LogP) is 0.826. The van der Waals surface area contributed by atoms with Crippen LogP contribution in [0.1, 0.15) is 24.2 Å². The Bertz CT molecular complexity index is 541. The molecule has 1 aromatic rings. The van der Waals surface area contributed by atoms with Crippen LogP contribution in [0.3, 0.4) is 0 Å². The summed E-state index contributed by atoms with van der Waals surface area (Å²) in [4.78, 5) is 32.2. The van der Waals surface area contributed by atoms with Gasteiger partial charge in [-0.1, -0.05) is 0 Å². The van der Waals surface area contributed by atoms with Crippen molar-refractivity contribution >= 4 is 23.8 Å². The van der Waals surface area contributed by atoms with Gasteiger partial charge in [-0.05, 0) is 18.6 Å². The molecule has 7 nitrogen and oxygen atoms in total. The fraction of sp³-hybridized carbons (Fsp3) is 0.615. The summed E-state index contributed by atoms with van der Waals surface area (Å²) in [6, 6.07) is -1.16. The van der Waals surface area contributed by atoms with E-state index in [1.807, 2.05) is 11.8 Å². The lowest BCUT2D eigenvalue weighted by molar-refractivity contribution is -0.142. The van der Waals surface area contributed by atoms with E-state index in [1.54, 1.807) is 6.33 Å². The molecule has 2 aliphatic heterocycles. The Morgan fingerprint density at radius 2 is 2.43 bits per heavy atom. The molecule has 1 aromatic heterocycles. The summed E-state index contributed by atoms with van der Waals surface area (Å²) >= 11 is 1.86. The Kier molecular flexibility index (Phi) is 4.05. The number of fused-ring (bicyclic) bond motifs is 1. The molecule has 1 fully saturated rings. The van der Waals surface area contributed by atoms with Crippen LogP contribution in [-0.2, 0) is 17.8 Å². The molecular formula is C13H18N4O3S. The number of imidazole rings is 1. The van der Waals surface area contributed by atoms with Gasteiger partial charge in [0, 0.05) is 18.2 Å². The van der Waals surface area contributed by atoms with Crippen molar-refractivity contribution in [3.8, 4) is 0 Å². The lowest BCUT2D eigenvalue weighted by Gasteiger charge is -2.32. The van der Waals surface area contributed by atoms with E-state index < -0.39 is 12.0 Å². The molecule has 114 valence electrons. The molecule has 0 spiro atoms. The van der Waals surface area contributed by atoms with Crippen LogP contribution < -0.4 is 5.32 Å². The van der Waals surface area contributed by atoms with Crippen LogP contribution in [0.2, 0.25) is 0 Å². The molecule has 2 aliphatic rings. The molecule has 0 aromatic carbocycles. The number of carboxylic acids is 1. The van der Waals surface area contributed by atoms with Crippen molar-refractivity contribution in [2.75, 3.05) is 12.3 Å². The van der Waals surface area contributed by atoms with Gasteiger partial charge in [0.15, 0.2) is 0 Å². The van der Waals surface area contributed by atoms with Gasteiger partial charge in [-0.3, -0.25) is 0 Å². The molecule has 0 bridgehead atoms. The number of hydrogen-bond acceptors (Lipinski definition) is 4. The third-order valence-electron chi connectivity index (χ3n) is 3.95. The minimum atomic E-state index is -0.992. The van der Waals surface area contributed by atoms with Crippen molar-refractivity contribution in [2.45, 2.75) is 37.1 Å². The highest BCUT2D eigenvalue weighted by Crippen LogP contribution is 2.25. The largest absolute Gasteiger partial charge is 0.480 e. The number of H-pyrrole nitrogens is 1. The quantitative estimate of drug-likeness (QED) is 0.768. The van der Waals surface area contributed by atoms with E-state index >= 15 is 0 Å². The van der Waals surface area contributed by atoms with Gasteiger partial charge in [-0.15, -0.1) is 0 Å². The predicted molar refractivity (Wildman–Crippen MR) is 78.1 cm³/mol. The van der Waals surface area contributed by atoms with Crippen LogP contribution in [0.25, 0.3) is 0 Å². The Morgan fingerprint density at radius 3 is 3.14 bits per heavy atom. The van der Waals surface area contributed by atoms with Crippen LogP contribution in [-0.4, -0.2) is 55.6 Å². The van der Waals surface area contributed by atoms with Gasteiger partial charge >= 0.3 is 12.0 Å². The first-order valence-electron chi connectivity index (χ1n) is 7.05. The zero-order valence-corrected chi connectivity index (χ0v) is 12.4. The van der Waals surface area contributed by atoms with Crippen LogP contribution in [0, 0.1) is 0 Å². The summed E-state index contributed by atoms with van der Waals surface area (Å²) in [5, 5.41) is 12.7. The molecular weight excluding hydrogens is 292 g/mol. The van der Waals surface area contributed by atoms with Gasteiger partial charge in [0.2, 0.25) is 0 Å². The first-order valence-corrected chi connectivity index (χ1v) is 8.10. The summed E-state index contributed by atoms with van der Waals surface area (Å²) in [6.45, 7) is 0.859. The van der Waals surface area contributed by atoms with E-state index in [0.717, 1.165) is 23.6 Å². The number of urea groups is 1. The van der Waals surface area contributed by atoms with Gasteiger partial charge in [0.05, 0.1) is 24.3 Å². The number of nitrogens with zero attached hydrogens (tertiary/aromatic N) is 2. The molecule has 0 saturated carbocycles. The maximum absolute atomic E-state index is 12.3. The number of hydrogen-bond donors (Lipinski definition) is 3. The second kappa shape index (κ2) is 5.97. The standard InChI is InChI=1S/C13H18N4O3S/c18-12(19)11-4-9-10(16-7-15-9)6-17(11)13(20)14-5-8-2-1-3-21-8/h7-8,11H,1-6H2,(H,14,20)(H,15,16)(H,18,19). The topological polar surface area (TPSA) is 98.3 Å². The van der Waals surface area contributed by atoms with E-state index in [1.165, 1.54) is 11.3 Å². The van der Waals surface area contributed by atoms with E-state index in [4.69, 9.17) is 0 Å². The maximum Gasteiger partial charge on any atom is 0.326 e. The number of aromatic amines is 1. The van der Waals surface area contributed by atoms with Crippen LogP contribution in [0.15, 0.2) is 6.33 Å². The van der Waals surface area contributed by atoms with E-state index in [0.29, 0.717) is 11.8 Å². The van der Waals surface area contributed by atoms with Crippen molar-refractivity contribution in [1.29, 1.82) is 0 Å². The smallest absolute Gasteiger partial charge is 0.326 e. The third-order valence-corrected chi connectivity index (χ3v) is 5.35. The number of thioether (sulfide) groups is 1. The summed E-state index contributed by atoms with van der Waals surface area (Å²) in [5.41, 5.74) is 1.55. The number of rotatable bonds is 3. The molecule has 8 heteroatoms. The minimum Gasteiger partial charge on any atom is -0.480 e. The fourth-order valence-electron chi connectivity index (χ4n) is 2.78. The zero-order chi connectivity index (χ0) is 14.8. The highest BCUT2D eigenvalue weighted by atomic mass is 32.2. The average Bonchev–Trinajstić information content (AvgIpc) is 3.13. The second-order valence-electron chi connectivity index (χ2n) is 5.33. The van der Waals surface area contributed by atoms with E-state index in [9.17, 15) is 14.7 Å². The molecule has 0 radical (unpaired) electrons. The number of nitrogens with one attached hydrogen (secondary N) is 2. The summed E-state index contributed by atoms with van der Waals surface area (Å²) < 4.78 is 0. The molecule has 0 aliphatic carbocycles. The number of carbonyl (C=O) groups is 2. The number of aliphatic carboxylic acids is 1. The molecule has 3 rings (SSSR count). The molecule has 3 N–H and O–H groups in total. The molecule has 2 unspecified atom stereocenters. The first kappa shape index (κ1) is 14.2.